The van der Waals surface area contributed by atoms with E-state index in [9.17, 15) is 4.79 Å². The standard InChI is InChI=1S/C14H16ClN3OS/c15-9-1-2-11-12(7-9)17-13(18-14(11)19)8-16-10-3-5-20-6-4-10/h1-2,7,10,16H,3-6,8H2,(H,17,18,19). The van der Waals surface area contributed by atoms with Gasteiger partial charge < -0.3 is 10.3 Å². The molecular formula is C14H16ClN3OS. The fourth-order valence-corrected chi connectivity index (χ4v) is 3.66. The number of hydrogen-bond acceptors (Lipinski definition) is 4. The maximum Gasteiger partial charge on any atom is 0.258 e. The highest BCUT2D eigenvalue weighted by Crippen LogP contribution is 2.17. The van der Waals surface area contributed by atoms with Crippen LogP contribution in [0.2, 0.25) is 5.02 Å². The highest BCUT2D eigenvalue weighted by atomic mass is 35.5. The van der Waals surface area contributed by atoms with Gasteiger partial charge in [0.2, 0.25) is 0 Å². The van der Waals surface area contributed by atoms with E-state index in [0.717, 1.165) is 0 Å². The first-order valence-corrected chi connectivity index (χ1v) is 8.25. The number of hydrogen-bond donors (Lipinski definition) is 2. The summed E-state index contributed by atoms with van der Waals surface area (Å²) in [5.74, 6) is 3.08. The predicted molar refractivity (Wildman–Crippen MR) is 84.6 cm³/mol. The molecule has 1 aliphatic heterocycles. The second-order valence-corrected chi connectivity index (χ2v) is 6.60. The molecule has 106 valence electrons. The van der Waals surface area contributed by atoms with E-state index in [2.05, 4.69) is 15.3 Å². The first kappa shape index (κ1) is 13.9. The topological polar surface area (TPSA) is 57.8 Å². The van der Waals surface area contributed by atoms with Crippen molar-refractivity contribution in [3.05, 3.63) is 39.4 Å². The zero-order valence-corrected chi connectivity index (χ0v) is 12.6. The molecule has 0 atom stereocenters. The van der Waals surface area contributed by atoms with Gasteiger partial charge in [-0.1, -0.05) is 11.6 Å². The van der Waals surface area contributed by atoms with Gasteiger partial charge >= 0.3 is 0 Å². The summed E-state index contributed by atoms with van der Waals surface area (Å²) in [6, 6.07) is 5.67. The van der Waals surface area contributed by atoms with E-state index in [1.165, 1.54) is 24.3 Å². The van der Waals surface area contributed by atoms with E-state index in [4.69, 9.17) is 11.6 Å². The first-order chi connectivity index (χ1) is 9.72. The van der Waals surface area contributed by atoms with Crippen LogP contribution in [0.5, 0.6) is 0 Å². The Morgan fingerprint density at radius 1 is 1.40 bits per heavy atom. The number of H-pyrrole nitrogens is 1. The summed E-state index contributed by atoms with van der Waals surface area (Å²) in [6.07, 6.45) is 2.35. The van der Waals surface area contributed by atoms with Crippen molar-refractivity contribution in [2.24, 2.45) is 0 Å². The number of benzene rings is 1. The molecule has 0 aliphatic carbocycles. The van der Waals surface area contributed by atoms with Crippen molar-refractivity contribution < 1.29 is 0 Å². The molecule has 1 aromatic carbocycles. The molecule has 0 amide bonds. The van der Waals surface area contributed by atoms with Gasteiger partial charge in [0.25, 0.3) is 5.56 Å². The number of aromatic nitrogens is 2. The van der Waals surface area contributed by atoms with Crippen LogP contribution in [0.25, 0.3) is 10.9 Å². The van der Waals surface area contributed by atoms with Gasteiger partial charge in [-0.15, -0.1) is 0 Å². The van der Waals surface area contributed by atoms with Gasteiger partial charge in [0.15, 0.2) is 0 Å². The Bertz CT molecular complexity index is 667. The van der Waals surface area contributed by atoms with Crippen LogP contribution in [0.1, 0.15) is 18.7 Å². The smallest absolute Gasteiger partial charge is 0.258 e. The minimum atomic E-state index is -0.109. The number of halogens is 1. The fraction of sp³-hybridized carbons (Fsp3) is 0.429. The van der Waals surface area contributed by atoms with Crippen LogP contribution in [0.4, 0.5) is 0 Å². The van der Waals surface area contributed by atoms with Crippen molar-refractivity contribution in [2.75, 3.05) is 11.5 Å². The summed E-state index contributed by atoms with van der Waals surface area (Å²) in [6.45, 7) is 0.590. The minimum Gasteiger partial charge on any atom is -0.309 e. The summed E-state index contributed by atoms with van der Waals surface area (Å²) >= 11 is 7.95. The Kier molecular flexibility index (Phi) is 4.29. The van der Waals surface area contributed by atoms with Gasteiger partial charge in [-0.2, -0.15) is 11.8 Å². The molecule has 0 bridgehead atoms. The van der Waals surface area contributed by atoms with Crippen molar-refractivity contribution in [3.8, 4) is 0 Å². The SMILES string of the molecule is O=c1[nH]c(CNC2CCSCC2)nc2cc(Cl)ccc12. The van der Waals surface area contributed by atoms with E-state index in [-0.39, 0.29) is 5.56 Å². The summed E-state index contributed by atoms with van der Waals surface area (Å²) in [4.78, 5) is 19.3. The average Bonchev–Trinajstić information content (AvgIpc) is 2.46. The Labute approximate surface area is 126 Å². The lowest BCUT2D eigenvalue weighted by molar-refractivity contribution is 0.474. The van der Waals surface area contributed by atoms with Crippen molar-refractivity contribution in [2.45, 2.75) is 25.4 Å². The minimum absolute atomic E-state index is 0.109. The number of fused-ring (bicyclic) bond motifs is 1. The van der Waals surface area contributed by atoms with Gasteiger partial charge in [-0.3, -0.25) is 4.79 Å². The molecule has 4 nitrogen and oxygen atoms in total. The highest BCUT2D eigenvalue weighted by molar-refractivity contribution is 7.99. The molecule has 1 aliphatic rings. The quantitative estimate of drug-likeness (QED) is 0.915. The average molecular weight is 310 g/mol. The number of rotatable bonds is 3. The third-order valence-electron chi connectivity index (χ3n) is 3.50. The molecule has 1 fully saturated rings. The largest absolute Gasteiger partial charge is 0.309 e. The van der Waals surface area contributed by atoms with Gasteiger partial charge in [-0.05, 0) is 42.5 Å². The van der Waals surface area contributed by atoms with Crippen molar-refractivity contribution >= 4 is 34.3 Å². The molecule has 0 radical (unpaired) electrons. The Morgan fingerprint density at radius 3 is 3.00 bits per heavy atom. The summed E-state index contributed by atoms with van der Waals surface area (Å²) in [5.41, 5.74) is 0.542. The zero-order valence-electron chi connectivity index (χ0n) is 11.0. The van der Waals surface area contributed by atoms with Crippen LogP contribution < -0.4 is 10.9 Å². The molecule has 1 aromatic heterocycles. The third-order valence-corrected chi connectivity index (χ3v) is 4.78. The molecule has 3 rings (SSSR count). The zero-order chi connectivity index (χ0) is 13.9. The van der Waals surface area contributed by atoms with Gasteiger partial charge in [0.1, 0.15) is 5.82 Å². The number of nitrogens with one attached hydrogen (secondary N) is 2. The van der Waals surface area contributed by atoms with Crippen LogP contribution in [0, 0.1) is 0 Å². The monoisotopic (exact) mass is 309 g/mol. The first-order valence-electron chi connectivity index (χ1n) is 6.72. The molecule has 0 saturated carbocycles. The lowest BCUT2D eigenvalue weighted by Crippen LogP contribution is -2.33. The van der Waals surface area contributed by atoms with Crippen LogP contribution in [0.15, 0.2) is 23.0 Å². The summed E-state index contributed by atoms with van der Waals surface area (Å²) in [5, 5.41) is 4.64. The van der Waals surface area contributed by atoms with Crippen molar-refractivity contribution in [3.63, 3.8) is 0 Å². The van der Waals surface area contributed by atoms with E-state index >= 15 is 0 Å². The molecule has 2 aromatic rings. The maximum absolute atomic E-state index is 12.0. The molecule has 20 heavy (non-hydrogen) atoms. The van der Waals surface area contributed by atoms with E-state index in [0.29, 0.717) is 34.3 Å². The molecule has 0 unspecified atom stereocenters. The Morgan fingerprint density at radius 2 is 2.20 bits per heavy atom. The number of nitrogens with zero attached hydrogens (tertiary/aromatic N) is 1. The highest BCUT2D eigenvalue weighted by Gasteiger charge is 2.13. The Balaban J connectivity index is 1.79. The van der Waals surface area contributed by atoms with Crippen molar-refractivity contribution in [1.29, 1.82) is 0 Å². The van der Waals surface area contributed by atoms with Crippen LogP contribution in [0.3, 0.4) is 0 Å². The van der Waals surface area contributed by atoms with Crippen LogP contribution >= 0.6 is 23.4 Å². The fourth-order valence-electron chi connectivity index (χ4n) is 2.39. The normalized spacial score (nSPS) is 16.6. The van der Waals surface area contributed by atoms with Crippen LogP contribution in [-0.2, 0) is 6.54 Å². The predicted octanol–water partition coefficient (Wildman–Crippen LogP) is 2.56. The van der Waals surface area contributed by atoms with Gasteiger partial charge in [0.05, 0.1) is 17.4 Å². The molecule has 2 N–H and O–H groups in total. The van der Waals surface area contributed by atoms with E-state index < -0.39 is 0 Å². The summed E-state index contributed by atoms with van der Waals surface area (Å²) in [7, 11) is 0. The molecule has 0 spiro atoms. The van der Waals surface area contributed by atoms with Crippen molar-refractivity contribution in [1.82, 2.24) is 15.3 Å². The second kappa shape index (κ2) is 6.16. The molecule has 1 saturated heterocycles. The number of thioether (sulfide) groups is 1. The van der Waals surface area contributed by atoms with E-state index in [1.54, 1.807) is 18.2 Å². The van der Waals surface area contributed by atoms with Gasteiger partial charge in [0, 0.05) is 11.1 Å². The molecular weight excluding hydrogens is 294 g/mol. The van der Waals surface area contributed by atoms with Gasteiger partial charge in [-0.25, -0.2) is 4.98 Å². The molecule has 6 heteroatoms. The van der Waals surface area contributed by atoms with E-state index in [1.807, 2.05) is 11.8 Å². The summed E-state index contributed by atoms with van der Waals surface area (Å²) < 4.78 is 0. The Hall–Kier alpha value is -1.04. The lowest BCUT2D eigenvalue weighted by Gasteiger charge is -2.22. The maximum atomic E-state index is 12.0. The second-order valence-electron chi connectivity index (χ2n) is 4.94. The molecule has 2 heterocycles. The lowest BCUT2D eigenvalue weighted by atomic mass is 10.1. The van der Waals surface area contributed by atoms with Crippen LogP contribution in [-0.4, -0.2) is 27.5 Å². The third kappa shape index (κ3) is 3.16. The number of aromatic amines is 1.